The zero-order chi connectivity index (χ0) is 16.9. The molecule has 0 aliphatic carbocycles. The van der Waals surface area contributed by atoms with E-state index in [1.54, 1.807) is 0 Å². The van der Waals surface area contributed by atoms with Crippen LogP contribution in [-0.4, -0.2) is 23.9 Å². The van der Waals surface area contributed by atoms with Crippen molar-refractivity contribution in [1.82, 2.24) is 10.2 Å². The summed E-state index contributed by atoms with van der Waals surface area (Å²) in [5.41, 5.74) is 2.25. The van der Waals surface area contributed by atoms with Crippen LogP contribution in [0.2, 0.25) is 0 Å². The maximum absolute atomic E-state index is 12.1. The van der Waals surface area contributed by atoms with Crippen LogP contribution in [0.15, 0.2) is 24.3 Å². The van der Waals surface area contributed by atoms with Gasteiger partial charge in [-0.2, -0.15) is 0 Å². The van der Waals surface area contributed by atoms with Gasteiger partial charge in [-0.15, -0.1) is 0 Å². The lowest BCUT2D eigenvalue weighted by Gasteiger charge is -2.30. The zero-order valence-electron chi connectivity index (χ0n) is 15.2. The summed E-state index contributed by atoms with van der Waals surface area (Å²) in [5.74, 6) is 1.01. The summed E-state index contributed by atoms with van der Waals surface area (Å²) in [6.07, 6.45) is 3.49. The molecule has 0 radical (unpaired) electrons. The Kier molecular flexibility index (Phi) is 6.23. The van der Waals surface area contributed by atoms with E-state index in [9.17, 15) is 4.79 Å². The molecule has 0 bridgehead atoms. The zero-order valence-corrected chi connectivity index (χ0v) is 15.2. The van der Waals surface area contributed by atoms with Gasteiger partial charge in [-0.3, -0.25) is 9.69 Å². The normalized spacial score (nSPS) is 17.2. The van der Waals surface area contributed by atoms with Gasteiger partial charge in [0.1, 0.15) is 0 Å². The van der Waals surface area contributed by atoms with Crippen molar-refractivity contribution in [1.29, 1.82) is 0 Å². The van der Waals surface area contributed by atoms with Crippen LogP contribution >= 0.6 is 0 Å². The fraction of sp³-hybridized carbons (Fsp3) is 0.650. The quantitative estimate of drug-likeness (QED) is 0.861. The molecule has 1 aromatic carbocycles. The molecule has 0 aromatic heterocycles. The third-order valence-electron chi connectivity index (χ3n) is 5.26. The number of carbonyl (C=O) groups excluding carboxylic acids is 1. The van der Waals surface area contributed by atoms with Gasteiger partial charge in [0.05, 0.1) is 0 Å². The van der Waals surface area contributed by atoms with Gasteiger partial charge in [-0.05, 0) is 49.4 Å². The topological polar surface area (TPSA) is 32.3 Å². The first-order valence-corrected chi connectivity index (χ1v) is 8.99. The molecule has 1 N–H and O–H groups in total. The molecule has 23 heavy (non-hydrogen) atoms. The monoisotopic (exact) mass is 316 g/mol. The molecule has 1 aliphatic rings. The Labute approximate surface area is 141 Å². The third kappa shape index (κ3) is 5.35. The lowest BCUT2D eigenvalue weighted by molar-refractivity contribution is -0.129. The second-order valence-corrected chi connectivity index (χ2v) is 7.70. The van der Waals surface area contributed by atoms with Gasteiger partial charge in [0.15, 0.2) is 0 Å². The first-order valence-electron chi connectivity index (χ1n) is 8.99. The van der Waals surface area contributed by atoms with Crippen LogP contribution in [0, 0.1) is 11.3 Å². The lowest BCUT2D eigenvalue weighted by atomic mass is 9.89. The van der Waals surface area contributed by atoms with Gasteiger partial charge in [0.2, 0.25) is 5.91 Å². The molecule has 0 spiro atoms. The van der Waals surface area contributed by atoms with Crippen molar-refractivity contribution in [2.45, 2.75) is 60.0 Å². The van der Waals surface area contributed by atoms with Crippen LogP contribution in [0.4, 0.5) is 0 Å². The second kappa shape index (κ2) is 7.96. The highest BCUT2D eigenvalue weighted by Crippen LogP contribution is 2.20. The van der Waals surface area contributed by atoms with E-state index in [0.29, 0.717) is 6.54 Å². The van der Waals surface area contributed by atoms with Crippen molar-refractivity contribution in [3.8, 4) is 0 Å². The van der Waals surface area contributed by atoms with E-state index < -0.39 is 0 Å². The Hall–Kier alpha value is -1.35. The predicted octanol–water partition coefficient (Wildman–Crippen LogP) is 3.97. The second-order valence-electron chi connectivity index (χ2n) is 7.70. The van der Waals surface area contributed by atoms with Gasteiger partial charge >= 0.3 is 0 Å². The van der Waals surface area contributed by atoms with E-state index >= 15 is 0 Å². The van der Waals surface area contributed by atoms with Crippen LogP contribution in [0.1, 0.15) is 58.1 Å². The Morgan fingerprint density at radius 1 is 1.17 bits per heavy atom. The average molecular weight is 316 g/mol. The van der Waals surface area contributed by atoms with Crippen LogP contribution in [-0.2, 0) is 17.9 Å². The standard InChI is InChI=1S/C20H32N2O/c1-5-20(3,4)19(23)21-14-17-6-8-18(9-7-17)15-22-12-10-16(2)11-13-22/h6-9,16H,5,10-15H2,1-4H3,(H,21,23). The lowest BCUT2D eigenvalue weighted by Crippen LogP contribution is -2.36. The largest absolute Gasteiger partial charge is 0.352 e. The molecule has 0 saturated carbocycles. The summed E-state index contributed by atoms with van der Waals surface area (Å²) in [5, 5.41) is 3.05. The minimum Gasteiger partial charge on any atom is -0.352 e. The summed E-state index contributed by atoms with van der Waals surface area (Å²) in [6, 6.07) is 8.68. The van der Waals surface area contributed by atoms with Crippen molar-refractivity contribution >= 4 is 5.91 Å². The molecule has 128 valence electrons. The number of nitrogens with zero attached hydrogens (tertiary/aromatic N) is 1. The number of benzene rings is 1. The van der Waals surface area contributed by atoms with Crippen LogP contribution < -0.4 is 5.32 Å². The van der Waals surface area contributed by atoms with Crippen molar-refractivity contribution in [3.05, 3.63) is 35.4 Å². The average Bonchev–Trinajstić information content (AvgIpc) is 2.56. The third-order valence-corrected chi connectivity index (χ3v) is 5.26. The summed E-state index contributed by atoms with van der Waals surface area (Å²) in [7, 11) is 0. The summed E-state index contributed by atoms with van der Waals surface area (Å²) in [4.78, 5) is 14.6. The van der Waals surface area contributed by atoms with Gasteiger partial charge < -0.3 is 5.32 Å². The fourth-order valence-corrected chi connectivity index (χ4v) is 2.82. The van der Waals surface area contributed by atoms with E-state index in [1.165, 1.54) is 37.1 Å². The van der Waals surface area contributed by atoms with Gasteiger partial charge in [0, 0.05) is 18.5 Å². The molecular formula is C20H32N2O. The number of piperidine rings is 1. The first-order chi connectivity index (χ1) is 10.9. The van der Waals surface area contributed by atoms with E-state index in [2.05, 4.69) is 48.3 Å². The Balaban J connectivity index is 1.81. The smallest absolute Gasteiger partial charge is 0.225 e. The molecule has 1 amide bonds. The number of amides is 1. The van der Waals surface area contributed by atoms with Gasteiger partial charge in [0.25, 0.3) is 0 Å². The highest BCUT2D eigenvalue weighted by atomic mass is 16.2. The molecule has 0 atom stereocenters. The summed E-state index contributed by atoms with van der Waals surface area (Å²) >= 11 is 0. The molecule has 3 heteroatoms. The SMILES string of the molecule is CCC(C)(C)C(=O)NCc1ccc(CN2CCC(C)CC2)cc1. The Bertz CT molecular complexity index is 499. The molecule has 1 heterocycles. The van der Waals surface area contributed by atoms with Crippen molar-refractivity contribution in [2.75, 3.05) is 13.1 Å². The number of rotatable bonds is 6. The minimum atomic E-state index is -0.286. The van der Waals surface area contributed by atoms with Crippen molar-refractivity contribution < 1.29 is 4.79 Å². The first kappa shape index (κ1) is 18.0. The summed E-state index contributed by atoms with van der Waals surface area (Å²) in [6.45, 7) is 12.5. The van der Waals surface area contributed by atoms with E-state index in [-0.39, 0.29) is 11.3 Å². The number of carbonyl (C=O) groups is 1. The van der Waals surface area contributed by atoms with E-state index in [0.717, 1.165) is 18.9 Å². The fourth-order valence-electron chi connectivity index (χ4n) is 2.82. The maximum atomic E-state index is 12.1. The number of likely N-dealkylation sites (tertiary alicyclic amines) is 1. The number of hydrogen-bond donors (Lipinski definition) is 1. The van der Waals surface area contributed by atoms with E-state index in [4.69, 9.17) is 0 Å². The van der Waals surface area contributed by atoms with Crippen LogP contribution in [0.25, 0.3) is 0 Å². The number of nitrogens with one attached hydrogen (secondary N) is 1. The predicted molar refractivity (Wildman–Crippen MR) is 96.0 cm³/mol. The molecule has 1 fully saturated rings. The van der Waals surface area contributed by atoms with Crippen molar-refractivity contribution in [2.24, 2.45) is 11.3 Å². The molecule has 0 unspecified atom stereocenters. The maximum Gasteiger partial charge on any atom is 0.225 e. The molecular weight excluding hydrogens is 284 g/mol. The number of hydrogen-bond acceptors (Lipinski definition) is 2. The molecule has 1 saturated heterocycles. The van der Waals surface area contributed by atoms with E-state index in [1.807, 2.05) is 13.8 Å². The molecule has 1 aliphatic heterocycles. The molecule has 3 nitrogen and oxygen atoms in total. The van der Waals surface area contributed by atoms with Crippen LogP contribution in [0.3, 0.4) is 0 Å². The van der Waals surface area contributed by atoms with Gasteiger partial charge in [-0.25, -0.2) is 0 Å². The highest BCUT2D eigenvalue weighted by molar-refractivity contribution is 5.81. The molecule has 2 rings (SSSR count). The summed E-state index contributed by atoms with van der Waals surface area (Å²) < 4.78 is 0. The van der Waals surface area contributed by atoms with Gasteiger partial charge in [-0.1, -0.05) is 52.0 Å². The molecule has 1 aromatic rings. The highest BCUT2D eigenvalue weighted by Gasteiger charge is 2.24. The van der Waals surface area contributed by atoms with Crippen LogP contribution in [0.5, 0.6) is 0 Å². The van der Waals surface area contributed by atoms with Crippen molar-refractivity contribution in [3.63, 3.8) is 0 Å². The Morgan fingerprint density at radius 2 is 1.74 bits per heavy atom. The minimum absolute atomic E-state index is 0.131. The Morgan fingerprint density at radius 3 is 2.30 bits per heavy atom.